The summed E-state index contributed by atoms with van der Waals surface area (Å²) in [5.74, 6) is 2.14. The van der Waals surface area contributed by atoms with Crippen molar-refractivity contribution in [2.24, 2.45) is 5.92 Å². The van der Waals surface area contributed by atoms with E-state index in [9.17, 15) is 5.11 Å². The van der Waals surface area contributed by atoms with E-state index in [1.807, 2.05) is 18.2 Å². The van der Waals surface area contributed by atoms with E-state index in [2.05, 4.69) is 32.7 Å². The number of fused-ring (bicyclic) bond motifs is 1. The van der Waals surface area contributed by atoms with Gasteiger partial charge in [0, 0.05) is 12.6 Å². The van der Waals surface area contributed by atoms with E-state index in [1.165, 1.54) is 0 Å². The standard InChI is InChI=1S/C16H25NO3/c1-11(2)7-12(3)17(4)9-14(18)13-5-6-15-16(8-13)20-10-19-15/h5-6,8,11-12,14,18H,7,9-10H2,1-4H3. The molecule has 0 saturated heterocycles. The minimum absolute atomic E-state index is 0.264. The highest BCUT2D eigenvalue weighted by atomic mass is 16.7. The zero-order valence-corrected chi connectivity index (χ0v) is 12.8. The molecule has 4 nitrogen and oxygen atoms in total. The first-order valence-corrected chi connectivity index (χ1v) is 7.25. The van der Waals surface area contributed by atoms with Gasteiger partial charge in [-0.25, -0.2) is 0 Å². The summed E-state index contributed by atoms with van der Waals surface area (Å²) >= 11 is 0. The quantitative estimate of drug-likeness (QED) is 0.869. The van der Waals surface area contributed by atoms with E-state index in [0.717, 1.165) is 23.5 Å². The summed E-state index contributed by atoms with van der Waals surface area (Å²) in [6.45, 7) is 7.53. The number of aliphatic hydroxyl groups is 1. The highest BCUT2D eigenvalue weighted by Crippen LogP contribution is 2.34. The van der Waals surface area contributed by atoms with Crippen LogP contribution in [0.3, 0.4) is 0 Å². The number of hydrogen-bond donors (Lipinski definition) is 1. The molecule has 1 heterocycles. The molecule has 1 aromatic carbocycles. The number of nitrogens with zero attached hydrogens (tertiary/aromatic N) is 1. The van der Waals surface area contributed by atoms with Gasteiger partial charge in [-0.3, -0.25) is 0 Å². The van der Waals surface area contributed by atoms with Crippen LogP contribution in [0.25, 0.3) is 0 Å². The summed E-state index contributed by atoms with van der Waals surface area (Å²) in [4.78, 5) is 2.20. The summed E-state index contributed by atoms with van der Waals surface area (Å²) in [6, 6.07) is 6.09. The highest BCUT2D eigenvalue weighted by molar-refractivity contribution is 5.45. The van der Waals surface area contributed by atoms with Gasteiger partial charge < -0.3 is 19.5 Å². The molecule has 0 aliphatic carbocycles. The third-order valence-corrected chi connectivity index (χ3v) is 3.81. The molecule has 0 bridgehead atoms. The minimum atomic E-state index is -0.510. The Labute approximate surface area is 121 Å². The van der Waals surface area contributed by atoms with Gasteiger partial charge in [-0.15, -0.1) is 0 Å². The Morgan fingerprint density at radius 1 is 1.20 bits per heavy atom. The second-order valence-electron chi connectivity index (χ2n) is 6.05. The first kappa shape index (κ1) is 15.1. The highest BCUT2D eigenvalue weighted by Gasteiger charge is 2.19. The van der Waals surface area contributed by atoms with Crippen molar-refractivity contribution in [3.63, 3.8) is 0 Å². The molecule has 112 valence electrons. The van der Waals surface area contributed by atoms with E-state index >= 15 is 0 Å². The molecule has 0 amide bonds. The van der Waals surface area contributed by atoms with E-state index in [0.29, 0.717) is 18.5 Å². The first-order valence-electron chi connectivity index (χ1n) is 7.25. The molecule has 0 fully saturated rings. The van der Waals surface area contributed by atoms with Crippen molar-refractivity contribution >= 4 is 0 Å². The molecule has 4 heteroatoms. The van der Waals surface area contributed by atoms with Crippen molar-refractivity contribution in [2.45, 2.75) is 39.3 Å². The smallest absolute Gasteiger partial charge is 0.231 e. The minimum Gasteiger partial charge on any atom is -0.454 e. The lowest BCUT2D eigenvalue weighted by molar-refractivity contribution is 0.102. The predicted octanol–water partition coefficient (Wildman–Crippen LogP) is 2.82. The molecule has 1 N–H and O–H groups in total. The van der Waals surface area contributed by atoms with Crippen LogP contribution in [0, 0.1) is 5.92 Å². The van der Waals surface area contributed by atoms with Gasteiger partial charge in [0.05, 0.1) is 6.10 Å². The van der Waals surface area contributed by atoms with Gasteiger partial charge in [0.15, 0.2) is 11.5 Å². The van der Waals surface area contributed by atoms with Crippen molar-refractivity contribution in [1.29, 1.82) is 0 Å². The van der Waals surface area contributed by atoms with E-state index in [-0.39, 0.29) is 6.79 Å². The van der Waals surface area contributed by atoms with Crippen LogP contribution in [0.4, 0.5) is 0 Å². The Kier molecular flexibility index (Phi) is 4.89. The molecule has 1 aliphatic heterocycles. The van der Waals surface area contributed by atoms with Crippen LogP contribution in [0.15, 0.2) is 18.2 Å². The lowest BCUT2D eigenvalue weighted by Gasteiger charge is -2.28. The van der Waals surface area contributed by atoms with E-state index < -0.39 is 6.10 Å². The van der Waals surface area contributed by atoms with Gasteiger partial charge >= 0.3 is 0 Å². The van der Waals surface area contributed by atoms with Gasteiger partial charge in [-0.1, -0.05) is 19.9 Å². The fourth-order valence-corrected chi connectivity index (χ4v) is 2.54. The van der Waals surface area contributed by atoms with E-state index in [1.54, 1.807) is 0 Å². The average molecular weight is 279 g/mol. The molecular formula is C16H25NO3. The maximum atomic E-state index is 10.4. The molecular weight excluding hydrogens is 254 g/mol. The molecule has 0 saturated carbocycles. The summed E-state index contributed by atoms with van der Waals surface area (Å²) in [7, 11) is 2.06. The maximum Gasteiger partial charge on any atom is 0.231 e. The van der Waals surface area contributed by atoms with Crippen molar-refractivity contribution < 1.29 is 14.6 Å². The molecule has 0 spiro atoms. The molecule has 1 aromatic rings. The Morgan fingerprint density at radius 2 is 1.90 bits per heavy atom. The number of benzene rings is 1. The van der Waals surface area contributed by atoms with Gasteiger partial charge in [0.1, 0.15) is 0 Å². The largest absolute Gasteiger partial charge is 0.454 e. The summed E-state index contributed by atoms with van der Waals surface area (Å²) in [6.07, 6.45) is 0.619. The molecule has 0 radical (unpaired) electrons. The Bertz CT molecular complexity index is 447. The van der Waals surface area contributed by atoms with Gasteiger partial charge in [-0.2, -0.15) is 0 Å². The Hall–Kier alpha value is -1.26. The molecule has 20 heavy (non-hydrogen) atoms. The van der Waals surface area contributed by atoms with Gasteiger partial charge in [-0.05, 0) is 44.0 Å². The van der Waals surface area contributed by atoms with E-state index in [4.69, 9.17) is 9.47 Å². The molecule has 2 rings (SSSR count). The lowest BCUT2D eigenvalue weighted by Crippen LogP contribution is -2.33. The third-order valence-electron chi connectivity index (χ3n) is 3.81. The SMILES string of the molecule is CC(C)CC(C)N(C)CC(O)c1ccc2c(c1)OCO2. The van der Waals surface area contributed by atoms with Crippen molar-refractivity contribution in [2.75, 3.05) is 20.4 Å². The van der Waals surface area contributed by atoms with Crippen LogP contribution >= 0.6 is 0 Å². The molecule has 2 atom stereocenters. The molecule has 0 aromatic heterocycles. The summed E-state index contributed by atoms with van der Waals surface area (Å²) in [5.41, 5.74) is 0.873. The van der Waals surface area contributed by atoms with Crippen molar-refractivity contribution in [1.82, 2.24) is 4.90 Å². The van der Waals surface area contributed by atoms with Crippen LogP contribution in [0.5, 0.6) is 11.5 Å². The number of likely N-dealkylation sites (N-methyl/N-ethyl adjacent to an activating group) is 1. The number of hydrogen-bond acceptors (Lipinski definition) is 4. The van der Waals surface area contributed by atoms with Crippen molar-refractivity contribution in [3.8, 4) is 11.5 Å². The van der Waals surface area contributed by atoms with Crippen LogP contribution in [-0.4, -0.2) is 36.4 Å². The van der Waals surface area contributed by atoms with Crippen LogP contribution < -0.4 is 9.47 Å². The number of rotatable bonds is 6. The molecule has 2 unspecified atom stereocenters. The number of ether oxygens (including phenoxy) is 2. The van der Waals surface area contributed by atoms with Crippen LogP contribution in [-0.2, 0) is 0 Å². The predicted molar refractivity (Wildman–Crippen MR) is 79.1 cm³/mol. The zero-order chi connectivity index (χ0) is 14.7. The van der Waals surface area contributed by atoms with Gasteiger partial charge in [0.25, 0.3) is 0 Å². The normalized spacial score (nSPS) is 16.8. The molecule has 1 aliphatic rings. The third kappa shape index (κ3) is 3.64. The number of aliphatic hydroxyl groups excluding tert-OH is 1. The zero-order valence-electron chi connectivity index (χ0n) is 12.8. The maximum absolute atomic E-state index is 10.4. The van der Waals surface area contributed by atoms with Crippen molar-refractivity contribution in [3.05, 3.63) is 23.8 Å². The fourth-order valence-electron chi connectivity index (χ4n) is 2.54. The first-order chi connectivity index (χ1) is 9.47. The summed E-state index contributed by atoms with van der Waals surface area (Å²) in [5, 5.41) is 10.4. The summed E-state index contributed by atoms with van der Waals surface area (Å²) < 4.78 is 10.6. The second kappa shape index (κ2) is 6.46. The van der Waals surface area contributed by atoms with Crippen LogP contribution in [0.1, 0.15) is 38.9 Å². The van der Waals surface area contributed by atoms with Crippen LogP contribution in [0.2, 0.25) is 0 Å². The average Bonchev–Trinajstić information content (AvgIpc) is 2.84. The Morgan fingerprint density at radius 3 is 2.60 bits per heavy atom. The lowest BCUT2D eigenvalue weighted by atomic mass is 10.0. The fraction of sp³-hybridized carbons (Fsp3) is 0.625. The second-order valence-corrected chi connectivity index (χ2v) is 6.05. The Balaban J connectivity index is 1.95. The topological polar surface area (TPSA) is 41.9 Å². The monoisotopic (exact) mass is 279 g/mol. The van der Waals surface area contributed by atoms with Gasteiger partial charge in [0.2, 0.25) is 6.79 Å².